The van der Waals surface area contributed by atoms with Gasteiger partial charge in [0, 0.05) is 10.6 Å². The van der Waals surface area contributed by atoms with Crippen molar-refractivity contribution in [3.8, 4) is 0 Å². The third-order valence-electron chi connectivity index (χ3n) is 3.83. The Morgan fingerprint density at radius 3 is 2.44 bits per heavy atom. The van der Waals surface area contributed by atoms with E-state index >= 15 is 0 Å². The summed E-state index contributed by atoms with van der Waals surface area (Å²) in [5.41, 5.74) is -3.76. The second-order valence-corrected chi connectivity index (χ2v) is 6.05. The highest BCUT2D eigenvalue weighted by Gasteiger charge is 2.68. The lowest BCUT2D eigenvalue weighted by atomic mass is 10.1. The maximum absolute atomic E-state index is 13.7. The molecule has 2 aromatic rings. The molecule has 1 saturated heterocycles. The molecule has 1 aromatic heterocycles. The Morgan fingerprint density at radius 1 is 1.22 bits per heavy atom. The van der Waals surface area contributed by atoms with Gasteiger partial charge in [-0.3, -0.25) is 19.8 Å². The van der Waals surface area contributed by atoms with Gasteiger partial charge in [-0.15, -0.1) is 0 Å². The van der Waals surface area contributed by atoms with Crippen molar-refractivity contribution in [3.63, 3.8) is 0 Å². The largest absolute Gasteiger partial charge is 0.467 e. The topological polar surface area (TPSA) is 91.7 Å². The van der Waals surface area contributed by atoms with Gasteiger partial charge >= 0.3 is 12.2 Å². The van der Waals surface area contributed by atoms with Gasteiger partial charge < -0.3 is 9.73 Å². The second-order valence-electron chi connectivity index (χ2n) is 5.61. The zero-order chi connectivity index (χ0) is 19.8. The number of nitrogens with zero attached hydrogens (tertiary/aromatic N) is 1. The fourth-order valence-corrected chi connectivity index (χ4v) is 2.60. The van der Waals surface area contributed by atoms with Crippen LogP contribution in [-0.4, -0.2) is 34.6 Å². The molecule has 3 rings (SSSR count). The monoisotopic (exact) mass is 401 g/mol. The van der Waals surface area contributed by atoms with E-state index in [4.69, 9.17) is 16.0 Å². The van der Waals surface area contributed by atoms with Gasteiger partial charge in [0.1, 0.15) is 5.76 Å². The van der Waals surface area contributed by atoms with Gasteiger partial charge in [0.2, 0.25) is 0 Å². The van der Waals surface area contributed by atoms with E-state index in [-0.39, 0.29) is 16.3 Å². The number of amides is 4. The van der Waals surface area contributed by atoms with Crippen LogP contribution in [0, 0.1) is 0 Å². The van der Waals surface area contributed by atoms with Crippen LogP contribution in [0.2, 0.25) is 5.02 Å². The van der Waals surface area contributed by atoms with Crippen molar-refractivity contribution in [2.24, 2.45) is 0 Å². The van der Waals surface area contributed by atoms with E-state index < -0.39 is 36.2 Å². The summed E-state index contributed by atoms with van der Waals surface area (Å²) in [5.74, 6) is -2.78. The molecule has 0 bridgehead atoms. The Balaban J connectivity index is 1.91. The lowest BCUT2D eigenvalue weighted by molar-refractivity contribution is -0.200. The van der Waals surface area contributed by atoms with Crippen molar-refractivity contribution < 1.29 is 32.0 Å². The molecule has 1 aromatic carbocycles. The summed E-state index contributed by atoms with van der Waals surface area (Å²) in [6.45, 7) is -0.522. The third kappa shape index (κ3) is 3.35. The van der Waals surface area contributed by atoms with Gasteiger partial charge in [0.05, 0.1) is 12.8 Å². The van der Waals surface area contributed by atoms with Gasteiger partial charge in [-0.05, 0) is 36.4 Å². The molecule has 0 aliphatic carbocycles. The summed E-state index contributed by atoms with van der Waals surface area (Å²) in [5, 5.41) is 3.41. The van der Waals surface area contributed by atoms with Crippen molar-refractivity contribution in [1.29, 1.82) is 0 Å². The number of furan rings is 1. The Kier molecular flexibility index (Phi) is 4.60. The van der Waals surface area contributed by atoms with Crippen LogP contribution in [-0.2, 0) is 11.3 Å². The molecule has 1 fully saturated rings. The molecule has 1 atom stereocenters. The third-order valence-corrected chi connectivity index (χ3v) is 4.08. The van der Waals surface area contributed by atoms with E-state index in [0.29, 0.717) is 4.90 Å². The molecular weight excluding hydrogens is 391 g/mol. The van der Waals surface area contributed by atoms with E-state index in [1.54, 1.807) is 10.6 Å². The summed E-state index contributed by atoms with van der Waals surface area (Å²) in [6.07, 6.45) is -4.05. The number of rotatable bonds is 4. The van der Waals surface area contributed by atoms with E-state index in [1.165, 1.54) is 42.7 Å². The molecule has 0 radical (unpaired) electrons. The smallest absolute Gasteiger partial charge is 0.440 e. The highest BCUT2D eigenvalue weighted by atomic mass is 35.5. The van der Waals surface area contributed by atoms with E-state index in [0.717, 1.165) is 0 Å². The summed E-state index contributed by atoms with van der Waals surface area (Å²) in [6, 6.07) is 6.50. The summed E-state index contributed by atoms with van der Waals surface area (Å²) >= 11 is 5.68. The maximum Gasteiger partial charge on any atom is 0.440 e. The molecule has 2 heterocycles. The highest BCUT2D eigenvalue weighted by molar-refractivity contribution is 6.30. The van der Waals surface area contributed by atoms with Gasteiger partial charge in [-0.1, -0.05) is 11.6 Å². The second kappa shape index (κ2) is 6.62. The minimum absolute atomic E-state index is 0.0977. The first-order valence-electron chi connectivity index (χ1n) is 7.45. The fraction of sp³-hybridized carbons (Fsp3) is 0.188. The maximum atomic E-state index is 13.7. The van der Waals surface area contributed by atoms with E-state index in [2.05, 4.69) is 0 Å². The molecule has 0 saturated carbocycles. The standard InChI is InChI=1S/C16H11ClF3N3O4/c17-10-5-3-9(4-6-10)12(24)21-15(16(18,19)20)13(25)23(14(26)22-15)8-11-2-1-7-27-11/h1-7H,8H2,(H,21,24)(H,22,26). The minimum Gasteiger partial charge on any atom is -0.467 e. The number of urea groups is 1. The zero-order valence-electron chi connectivity index (χ0n) is 13.3. The van der Waals surface area contributed by atoms with Crippen LogP contribution in [0.4, 0.5) is 18.0 Å². The van der Waals surface area contributed by atoms with E-state index in [9.17, 15) is 27.6 Å². The van der Waals surface area contributed by atoms with Crippen LogP contribution in [0.25, 0.3) is 0 Å². The summed E-state index contributed by atoms with van der Waals surface area (Å²) in [4.78, 5) is 37.1. The average molecular weight is 402 g/mol. The van der Waals surface area contributed by atoms with Crippen molar-refractivity contribution in [2.75, 3.05) is 0 Å². The number of benzene rings is 1. The number of nitrogens with one attached hydrogen (secondary N) is 2. The molecule has 0 spiro atoms. The molecule has 11 heteroatoms. The first-order valence-corrected chi connectivity index (χ1v) is 7.83. The number of halogens is 4. The molecule has 4 amide bonds. The number of carbonyl (C=O) groups excluding carboxylic acids is 3. The zero-order valence-corrected chi connectivity index (χ0v) is 14.1. The van der Waals surface area contributed by atoms with Crippen molar-refractivity contribution in [2.45, 2.75) is 18.4 Å². The minimum atomic E-state index is -5.29. The predicted molar refractivity (Wildman–Crippen MR) is 85.5 cm³/mol. The molecule has 27 heavy (non-hydrogen) atoms. The van der Waals surface area contributed by atoms with Crippen LogP contribution >= 0.6 is 11.6 Å². The number of alkyl halides is 3. The number of hydrogen-bond donors (Lipinski definition) is 2. The Hall–Kier alpha value is -3.01. The fourth-order valence-electron chi connectivity index (χ4n) is 2.47. The quantitative estimate of drug-likeness (QED) is 0.770. The van der Waals surface area contributed by atoms with Crippen LogP contribution < -0.4 is 10.6 Å². The Labute approximate surface area is 155 Å². The molecule has 2 N–H and O–H groups in total. The first kappa shape index (κ1) is 18.8. The Bertz CT molecular complexity index is 883. The van der Waals surface area contributed by atoms with Crippen LogP contribution in [0.5, 0.6) is 0 Å². The summed E-state index contributed by atoms with van der Waals surface area (Å²) in [7, 11) is 0. The van der Waals surface area contributed by atoms with Crippen LogP contribution in [0.1, 0.15) is 16.1 Å². The van der Waals surface area contributed by atoms with Gasteiger partial charge in [0.15, 0.2) is 0 Å². The normalized spacial score (nSPS) is 19.9. The van der Waals surface area contributed by atoms with Gasteiger partial charge in [-0.25, -0.2) is 4.79 Å². The SMILES string of the molecule is O=C(NC1(C(F)(F)F)NC(=O)N(Cc2ccco2)C1=O)c1ccc(Cl)cc1. The molecule has 1 unspecified atom stereocenters. The number of hydrogen-bond acceptors (Lipinski definition) is 4. The first-order chi connectivity index (χ1) is 12.6. The average Bonchev–Trinajstić information content (AvgIpc) is 3.18. The van der Waals surface area contributed by atoms with Crippen molar-refractivity contribution in [1.82, 2.24) is 15.5 Å². The molecule has 1 aliphatic rings. The van der Waals surface area contributed by atoms with Crippen LogP contribution in [0.15, 0.2) is 47.1 Å². The van der Waals surface area contributed by atoms with Gasteiger partial charge in [0.25, 0.3) is 17.5 Å². The van der Waals surface area contributed by atoms with E-state index in [1.807, 2.05) is 0 Å². The summed E-state index contributed by atoms with van der Waals surface area (Å²) < 4.78 is 46.1. The molecular formula is C16H11ClF3N3O4. The molecule has 1 aliphatic heterocycles. The lowest BCUT2D eigenvalue weighted by Crippen LogP contribution is -2.69. The van der Waals surface area contributed by atoms with Crippen molar-refractivity contribution >= 4 is 29.4 Å². The molecule has 7 nitrogen and oxygen atoms in total. The molecule has 142 valence electrons. The Morgan fingerprint density at radius 2 is 1.89 bits per heavy atom. The van der Waals surface area contributed by atoms with Gasteiger partial charge in [-0.2, -0.15) is 13.2 Å². The van der Waals surface area contributed by atoms with Crippen LogP contribution in [0.3, 0.4) is 0 Å². The van der Waals surface area contributed by atoms with Crippen molar-refractivity contribution in [3.05, 3.63) is 59.0 Å². The number of carbonyl (C=O) groups is 3. The predicted octanol–water partition coefficient (Wildman–Crippen LogP) is 2.67. The highest BCUT2D eigenvalue weighted by Crippen LogP contribution is 2.34. The lowest BCUT2D eigenvalue weighted by Gasteiger charge is -2.29. The number of imide groups is 1.